The fourth-order valence-electron chi connectivity index (χ4n) is 2.92. The minimum atomic E-state index is 0.852. The van der Waals surface area contributed by atoms with Gasteiger partial charge in [0, 0.05) is 20.9 Å². The lowest BCUT2D eigenvalue weighted by atomic mass is 10.0. The predicted molar refractivity (Wildman–Crippen MR) is 106 cm³/mol. The Balaban J connectivity index is 1.82. The molecule has 0 fully saturated rings. The molecule has 3 aromatic rings. The maximum Gasteiger partial charge on any atom is 0.131 e. The molecular weight excluding hydrogens is 348 g/mol. The van der Waals surface area contributed by atoms with E-state index in [-0.39, 0.29) is 0 Å². The van der Waals surface area contributed by atoms with Gasteiger partial charge in [-0.3, -0.25) is 0 Å². The number of benzene rings is 3. The molecule has 0 bridgehead atoms. The van der Waals surface area contributed by atoms with Crippen LogP contribution >= 0.6 is 21.6 Å². The largest absolute Gasteiger partial charge is 0.496 e. The van der Waals surface area contributed by atoms with Crippen molar-refractivity contribution in [3.05, 3.63) is 65.7 Å². The second kappa shape index (κ2) is 6.70. The average Bonchev–Trinajstić information content (AvgIpc) is 2.63. The minimum absolute atomic E-state index is 0.852. The van der Waals surface area contributed by atoms with Crippen LogP contribution in [-0.2, 0) is 0 Å². The van der Waals surface area contributed by atoms with E-state index < -0.39 is 0 Å². The first-order valence-corrected chi connectivity index (χ1v) is 10.2. The van der Waals surface area contributed by atoms with E-state index in [4.69, 9.17) is 9.47 Å². The quantitative estimate of drug-likeness (QED) is 0.470. The van der Waals surface area contributed by atoms with Gasteiger partial charge >= 0.3 is 0 Å². The molecule has 0 radical (unpaired) electrons. The minimum Gasteiger partial charge on any atom is -0.496 e. The summed E-state index contributed by atoms with van der Waals surface area (Å²) in [6.45, 7) is 4.17. The molecule has 3 aromatic carbocycles. The first-order chi connectivity index (χ1) is 12.2. The van der Waals surface area contributed by atoms with Crippen molar-refractivity contribution in [1.29, 1.82) is 0 Å². The number of methoxy groups -OCH3 is 1. The van der Waals surface area contributed by atoms with E-state index in [1.54, 1.807) is 28.7 Å². The van der Waals surface area contributed by atoms with Gasteiger partial charge in [0.2, 0.25) is 0 Å². The number of aryl methyl sites for hydroxylation is 2. The van der Waals surface area contributed by atoms with Crippen molar-refractivity contribution in [2.45, 2.75) is 23.6 Å². The summed E-state index contributed by atoms with van der Waals surface area (Å²) in [5, 5.41) is 0. The highest BCUT2D eigenvalue weighted by Gasteiger charge is 2.21. The van der Waals surface area contributed by atoms with Crippen LogP contribution in [-0.4, -0.2) is 7.11 Å². The van der Waals surface area contributed by atoms with Gasteiger partial charge in [0.15, 0.2) is 0 Å². The monoisotopic (exact) mass is 366 g/mol. The summed E-state index contributed by atoms with van der Waals surface area (Å²) in [7, 11) is 5.33. The second-order valence-corrected chi connectivity index (χ2v) is 8.23. The Hall–Kier alpha value is -2.04. The molecule has 0 N–H and O–H groups in total. The van der Waals surface area contributed by atoms with Crippen LogP contribution in [0.3, 0.4) is 0 Å². The maximum atomic E-state index is 6.12. The maximum absolute atomic E-state index is 6.12. The van der Waals surface area contributed by atoms with Crippen molar-refractivity contribution in [2.75, 3.05) is 7.11 Å². The summed E-state index contributed by atoms with van der Waals surface area (Å²) in [5.41, 5.74) is 4.71. The molecule has 0 saturated carbocycles. The van der Waals surface area contributed by atoms with Gasteiger partial charge in [-0.1, -0.05) is 39.8 Å². The van der Waals surface area contributed by atoms with E-state index >= 15 is 0 Å². The van der Waals surface area contributed by atoms with Gasteiger partial charge in [-0.25, -0.2) is 0 Å². The van der Waals surface area contributed by atoms with Gasteiger partial charge in [-0.2, -0.15) is 0 Å². The Morgan fingerprint density at radius 1 is 0.720 bits per heavy atom. The summed E-state index contributed by atoms with van der Waals surface area (Å²) in [6, 6.07) is 18.6. The number of hydrogen-bond acceptors (Lipinski definition) is 4. The lowest BCUT2D eigenvalue weighted by molar-refractivity contribution is 0.411. The van der Waals surface area contributed by atoms with E-state index in [0.717, 1.165) is 28.4 Å². The third kappa shape index (κ3) is 3.12. The zero-order valence-corrected chi connectivity index (χ0v) is 16.0. The molecule has 4 heteroatoms. The van der Waals surface area contributed by atoms with Crippen LogP contribution < -0.4 is 9.47 Å². The third-order valence-corrected chi connectivity index (χ3v) is 6.70. The summed E-state index contributed by atoms with van der Waals surface area (Å²) in [4.78, 5) is 2.53. The molecule has 0 saturated heterocycles. The van der Waals surface area contributed by atoms with Crippen LogP contribution in [0.15, 0.2) is 64.4 Å². The first kappa shape index (κ1) is 16.4. The van der Waals surface area contributed by atoms with Crippen molar-refractivity contribution in [2.24, 2.45) is 0 Å². The molecule has 2 nitrogen and oxygen atoms in total. The van der Waals surface area contributed by atoms with Gasteiger partial charge < -0.3 is 9.47 Å². The molecule has 126 valence electrons. The van der Waals surface area contributed by atoms with Gasteiger partial charge in [0.25, 0.3) is 0 Å². The Bertz CT molecular complexity index is 936. The van der Waals surface area contributed by atoms with Crippen LogP contribution in [0.5, 0.6) is 17.2 Å². The fraction of sp³-hybridized carbons (Fsp3) is 0.143. The average molecular weight is 367 g/mol. The van der Waals surface area contributed by atoms with Gasteiger partial charge in [0.05, 0.1) is 7.11 Å². The lowest BCUT2D eigenvalue weighted by Crippen LogP contribution is -1.96. The molecular formula is C21H18O2S2. The Morgan fingerprint density at radius 3 is 1.88 bits per heavy atom. The van der Waals surface area contributed by atoms with Crippen LogP contribution in [0.25, 0.3) is 11.1 Å². The van der Waals surface area contributed by atoms with Crippen LogP contribution in [0.4, 0.5) is 0 Å². The van der Waals surface area contributed by atoms with Gasteiger partial charge in [-0.15, -0.1) is 0 Å². The van der Waals surface area contributed by atoms with E-state index in [9.17, 15) is 0 Å². The smallest absolute Gasteiger partial charge is 0.131 e. The molecule has 0 spiro atoms. The topological polar surface area (TPSA) is 18.5 Å². The van der Waals surface area contributed by atoms with Gasteiger partial charge in [-0.05, 0) is 61.4 Å². The standard InChI is InChI=1S/C21H18O2S2/c1-13-9-20-16(11-18(13)22-3)17-12-19(14(2)10-21(17)25-24-20)23-15-7-5-4-6-8-15/h4-12H,1-3H3. The number of rotatable bonds is 3. The number of fused-ring (bicyclic) bond motifs is 3. The number of para-hydroxylation sites is 1. The number of ether oxygens (including phenoxy) is 2. The molecule has 0 unspecified atom stereocenters. The predicted octanol–water partition coefficient (Wildman–Crippen LogP) is 6.88. The van der Waals surface area contributed by atoms with Crippen LogP contribution in [0.2, 0.25) is 0 Å². The highest BCUT2D eigenvalue weighted by Crippen LogP contribution is 2.53. The van der Waals surface area contributed by atoms with Gasteiger partial charge in [0.1, 0.15) is 17.2 Å². The molecule has 4 rings (SSSR count). The molecule has 0 amide bonds. The summed E-state index contributed by atoms with van der Waals surface area (Å²) in [5.74, 6) is 2.66. The normalized spacial score (nSPS) is 12.3. The van der Waals surface area contributed by atoms with Crippen LogP contribution in [0.1, 0.15) is 11.1 Å². The molecule has 1 aliphatic rings. The van der Waals surface area contributed by atoms with Crippen molar-refractivity contribution in [1.82, 2.24) is 0 Å². The fourth-order valence-corrected chi connectivity index (χ4v) is 5.43. The molecule has 0 aliphatic carbocycles. The van der Waals surface area contributed by atoms with Crippen molar-refractivity contribution < 1.29 is 9.47 Å². The van der Waals surface area contributed by atoms with Crippen LogP contribution in [0, 0.1) is 13.8 Å². The summed E-state index contributed by atoms with van der Waals surface area (Å²) < 4.78 is 11.7. The highest BCUT2D eigenvalue weighted by atomic mass is 33.1. The van der Waals surface area contributed by atoms with Crippen molar-refractivity contribution >= 4 is 21.6 Å². The van der Waals surface area contributed by atoms with E-state index in [1.165, 1.54) is 20.9 Å². The molecule has 0 aromatic heterocycles. The SMILES string of the molecule is COc1cc2c(cc1C)SSc1cc(C)c(Oc3ccccc3)cc1-2. The van der Waals surface area contributed by atoms with Crippen molar-refractivity contribution in [3.63, 3.8) is 0 Å². The molecule has 25 heavy (non-hydrogen) atoms. The third-order valence-electron chi connectivity index (χ3n) is 4.26. The van der Waals surface area contributed by atoms with E-state index in [0.29, 0.717) is 0 Å². The molecule has 0 atom stereocenters. The van der Waals surface area contributed by atoms with Crippen molar-refractivity contribution in [3.8, 4) is 28.4 Å². The first-order valence-electron chi connectivity index (χ1n) is 8.07. The summed E-state index contributed by atoms with van der Waals surface area (Å²) >= 11 is 0. The number of hydrogen-bond donors (Lipinski definition) is 0. The molecule has 1 heterocycles. The second-order valence-electron chi connectivity index (χ2n) is 6.01. The van der Waals surface area contributed by atoms with E-state index in [1.807, 2.05) is 30.3 Å². The Morgan fingerprint density at radius 2 is 1.28 bits per heavy atom. The zero-order valence-electron chi connectivity index (χ0n) is 14.3. The zero-order chi connectivity index (χ0) is 17.4. The van der Waals surface area contributed by atoms with E-state index in [2.05, 4.69) is 38.1 Å². The Labute approximate surface area is 156 Å². The molecule has 1 aliphatic heterocycles. The Kier molecular flexibility index (Phi) is 4.40. The summed E-state index contributed by atoms with van der Waals surface area (Å²) in [6.07, 6.45) is 0. The lowest BCUT2D eigenvalue weighted by Gasteiger charge is -2.22. The highest BCUT2D eigenvalue weighted by molar-refractivity contribution is 8.76.